The van der Waals surface area contributed by atoms with Crippen LogP contribution in [0.25, 0.3) is 0 Å². The number of hydrogen-bond donors (Lipinski definition) is 2. The van der Waals surface area contributed by atoms with E-state index >= 15 is 0 Å². The lowest BCUT2D eigenvalue weighted by Gasteiger charge is -2.15. The van der Waals surface area contributed by atoms with Gasteiger partial charge in [0.2, 0.25) is 0 Å². The first kappa shape index (κ1) is 14.7. The lowest BCUT2D eigenvalue weighted by atomic mass is 10.1. The van der Waals surface area contributed by atoms with Gasteiger partial charge in [0.05, 0.1) is 0 Å². The Bertz CT molecular complexity index is 601. The van der Waals surface area contributed by atoms with Crippen LogP contribution in [-0.4, -0.2) is 22.6 Å². The topological polar surface area (TPSA) is 96.6 Å². The quantitative estimate of drug-likeness (QED) is 0.796. The predicted molar refractivity (Wildman–Crippen MR) is 67.2 cm³/mol. The maximum absolute atomic E-state index is 11.7. The van der Waals surface area contributed by atoms with Crippen molar-refractivity contribution in [2.24, 2.45) is 5.92 Å². The molecule has 0 aliphatic rings. The number of aromatic nitrogens is 1. The molecule has 0 aliphatic heterocycles. The maximum atomic E-state index is 11.7. The van der Waals surface area contributed by atoms with Crippen molar-refractivity contribution in [1.29, 1.82) is 0 Å². The molecule has 0 unspecified atom stereocenters. The summed E-state index contributed by atoms with van der Waals surface area (Å²) in [5.74, 6) is -0.982. The Morgan fingerprint density at radius 2 is 1.94 bits per heavy atom. The Morgan fingerprint density at radius 3 is 2.39 bits per heavy atom. The summed E-state index contributed by atoms with van der Waals surface area (Å²) in [6, 6.07) is 1.25. The normalized spacial score (nSPS) is 12.1. The molecular weight excluding hydrogens is 258 g/mol. The first-order valence-corrected chi connectivity index (χ1v) is 7.10. The van der Waals surface area contributed by atoms with Crippen LogP contribution in [-0.2, 0) is 22.4 Å². The predicted octanol–water partition coefficient (Wildman–Crippen LogP) is 0.906. The van der Waals surface area contributed by atoms with Gasteiger partial charge in [-0.25, -0.2) is 0 Å². The smallest absolute Gasteiger partial charge is 0.269 e. The highest BCUT2D eigenvalue weighted by molar-refractivity contribution is 7.85. The molecule has 0 bridgehead atoms. The number of aryl methyl sites for hydroxylation is 1. The summed E-state index contributed by atoms with van der Waals surface area (Å²) in [4.78, 5) is 11.7. The van der Waals surface area contributed by atoms with Gasteiger partial charge in [0, 0.05) is 18.2 Å². The van der Waals surface area contributed by atoms with Crippen LogP contribution in [0.15, 0.2) is 10.9 Å². The summed E-state index contributed by atoms with van der Waals surface area (Å²) < 4.78 is 31.7. The Hall–Kier alpha value is -1.34. The summed E-state index contributed by atoms with van der Waals surface area (Å²) in [7, 11) is -4.26. The van der Waals surface area contributed by atoms with Crippen LogP contribution in [0.5, 0.6) is 5.88 Å². The highest BCUT2D eigenvalue weighted by Crippen LogP contribution is 2.21. The van der Waals surface area contributed by atoms with Crippen molar-refractivity contribution in [3.05, 3.63) is 27.5 Å². The molecule has 0 saturated carbocycles. The van der Waals surface area contributed by atoms with Crippen molar-refractivity contribution in [3.8, 4) is 5.88 Å². The molecule has 0 saturated heterocycles. The van der Waals surface area contributed by atoms with E-state index in [1.165, 1.54) is 13.0 Å². The zero-order valence-electron chi connectivity index (χ0n) is 10.5. The highest BCUT2D eigenvalue weighted by Gasteiger charge is 2.18. The minimum Gasteiger partial charge on any atom is -0.494 e. The molecule has 0 aliphatic carbocycles. The molecule has 2 N–H and O–H groups in total. The zero-order valence-corrected chi connectivity index (χ0v) is 11.4. The van der Waals surface area contributed by atoms with Gasteiger partial charge in [-0.15, -0.1) is 0 Å². The van der Waals surface area contributed by atoms with Crippen LogP contribution in [0, 0.1) is 12.8 Å². The third kappa shape index (κ3) is 3.58. The molecule has 1 aromatic rings. The second-order valence-electron chi connectivity index (χ2n) is 4.70. The molecule has 6 nitrogen and oxygen atoms in total. The van der Waals surface area contributed by atoms with E-state index in [1.54, 1.807) is 0 Å². The Labute approximate surface area is 106 Å². The molecular formula is C11H17NO5S. The lowest BCUT2D eigenvalue weighted by molar-refractivity contribution is 0.376. The summed E-state index contributed by atoms with van der Waals surface area (Å²) in [6.07, 6.45) is 0. The molecule has 0 amide bonds. The summed E-state index contributed by atoms with van der Waals surface area (Å²) in [5.41, 5.74) is 0.00525. The second kappa shape index (κ2) is 5.11. The molecule has 0 aromatic carbocycles. The maximum Gasteiger partial charge on any atom is 0.269 e. The van der Waals surface area contributed by atoms with E-state index in [9.17, 15) is 18.3 Å². The van der Waals surface area contributed by atoms with Crippen LogP contribution in [0.4, 0.5) is 0 Å². The van der Waals surface area contributed by atoms with Gasteiger partial charge in [-0.1, -0.05) is 13.8 Å². The average Bonchev–Trinajstić information content (AvgIpc) is 2.17. The van der Waals surface area contributed by atoms with Crippen molar-refractivity contribution in [2.75, 3.05) is 0 Å². The third-order valence-corrected chi connectivity index (χ3v) is 3.14. The largest absolute Gasteiger partial charge is 0.494 e. The van der Waals surface area contributed by atoms with Crippen molar-refractivity contribution < 1.29 is 18.1 Å². The lowest BCUT2D eigenvalue weighted by Crippen LogP contribution is -2.24. The molecule has 18 heavy (non-hydrogen) atoms. The summed E-state index contributed by atoms with van der Waals surface area (Å²) >= 11 is 0. The first-order chi connectivity index (χ1) is 8.11. The standard InChI is InChI=1S/C11H17NO5S/c1-7(2)5-12-10(13)4-8(3)9(11(12)14)6-18(15,16)17/h4,7,14H,5-6H2,1-3H3,(H,15,16,17). The highest BCUT2D eigenvalue weighted by atomic mass is 32.2. The van der Waals surface area contributed by atoms with Gasteiger partial charge in [-0.05, 0) is 18.4 Å². The fourth-order valence-electron chi connectivity index (χ4n) is 1.70. The third-order valence-electron chi connectivity index (χ3n) is 2.48. The Morgan fingerprint density at radius 1 is 1.39 bits per heavy atom. The van der Waals surface area contributed by atoms with E-state index in [2.05, 4.69) is 0 Å². The van der Waals surface area contributed by atoms with E-state index in [0.29, 0.717) is 5.56 Å². The van der Waals surface area contributed by atoms with E-state index in [-0.39, 0.29) is 18.0 Å². The van der Waals surface area contributed by atoms with Gasteiger partial charge in [0.25, 0.3) is 15.7 Å². The fraction of sp³-hybridized carbons (Fsp3) is 0.545. The molecule has 1 rings (SSSR count). The van der Waals surface area contributed by atoms with Gasteiger partial charge in [-0.2, -0.15) is 8.42 Å². The summed E-state index contributed by atoms with van der Waals surface area (Å²) in [5, 5.41) is 9.95. The van der Waals surface area contributed by atoms with Gasteiger partial charge in [0.1, 0.15) is 5.75 Å². The van der Waals surface area contributed by atoms with Crippen molar-refractivity contribution in [1.82, 2.24) is 4.57 Å². The minimum atomic E-state index is -4.26. The zero-order chi connectivity index (χ0) is 14.1. The Kier molecular flexibility index (Phi) is 4.18. The molecule has 7 heteroatoms. The van der Waals surface area contributed by atoms with E-state index in [1.807, 2.05) is 13.8 Å². The molecule has 1 heterocycles. The molecule has 0 radical (unpaired) electrons. The van der Waals surface area contributed by atoms with E-state index < -0.39 is 27.3 Å². The average molecular weight is 275 g/mol. The number of hydrogen-bond acceptors (Lipinski definition) is 4. The number of aromatic hydroxyl groups is 1. The van der Waals surface area contributed by atoms with Gasteiger partial charge >= 0.3 is 0 Å². The van der Waals surface area contributed by atoms with Crippen molar-refractivity contribution >= 4 is 10.1 Å². The SMILES string of the molecule is Cc1cc(=O)n(CC(C)C)c(O)c1CS(=O)(=O)O. The van der Waals surface area contributed by atoms with Crippen LogP contribution < -0.4 is 5.56 Å². The van der Waals surface area contributed by atoms with Crippen LogP contribution in [0.2, 0.25) is 0 Å². The first-order valence-electron chi connectivity index (χ1n) is 5.49. The molecule has 0 atom stereocenters. The number of nitrogens with zero attached hydrogens (tertiary/aromatic N) is 1. The van der Waals surface area contributed by atoms with E-state index in [4.69, 9.17) is 4.55 Å². The van der Waals surface area contributed by atoms with Crippen LogP contribution in [0.1, 0.15) is 25.0 Å². The second-order valence-corrected chi connectivity index (χ2v) is 6.15. The van der Waals surface area contributed by atoms with Crippen LogP contribution >= 0.6 is 0 Å². The van der Waals surface area contributed by atoms with Crippen molar-refractivity contribution in [2.45, 2.75) is 33.1 Å². The van der Waals surface area contributed by atoms with Gasteiger partial charge in [-0.3, -0.25) is 13.9 Å². The van der Waals surface area contributed by atoms with Crippen LogP contribution in [0.3, 0.4) is 0 Å². The van der Waals surface area contributed by atoms with Gasteiger partial charge < -0.3 is 5.11 Å². The number of rotatable bonds is 4. The minimum absolute atomic E-state index is 0.0535. The van der Waals surface area contributed by atoms with Gasteiger partial charge in [0.15, 0.2) is 5.88 Å². The fourth-order valence-corrected chi connectivity index (χ4v) is 2.42. The van der Waals surface area contributed by atoms with Crippen molar-refractivity contribution in [3.63, 3.8) is 0 Å². The Balaban J connectivity index is 3.40. The summed E-state index contributed by atoms with van der Waals surface area (Å²) in [6.45, 7) is 5.53. The van der Waals surface area contributed by atoms with E-state index in [0.717, 1.165) is 4.57 Å². The molecule has 0 spiro atoms. The monoisotopic (exact) mass is 275 g/mol. The molecule has 1 aromatic heterocycles. The molecule has 0 fully saturated rings. The molecule has 102 valence electrons. The number of pyridine rings is 1.